The number of likely N-dealkylation sites (tertiary alicyclic amines) is 1. The summed E-state index contributed by atoms with van der Waals surface area (Å²) >= 11 is 0. The standard InChI is InChI=1S/C11H18N2O.ClH/c12-10-7-4-8-13(11(10)14)9-5-2-1-3-6-9;/h2,5,9-10H,1,3-4,6-8,12H2;1H/t9?,10-;/m0./s1. The smallest absolute Gasteiger partial charge is 0.239 e. The van der Waals surface area contributed by atoms with Gasteiger partial charge >= 0.3 is 0 Å². The van der Waals surface area contributed by atoms with Crippen LogP contribution in [0.15, 0.2) is 12.2 Å². The molecule has 0 bridgehead atoms. The van der Waals surface area contributed by atoms with Gasteiger partial charge in [0.1, 0.15) is 0 Å². The lowest BCUT2D eigenvalue weighted by Gasteiger charge is -2.36. The maximum Gasteiger partial charge on any atom is 0.239 e. The number of carbonyl (C=O) groups is 1. The highest BCUT2D eigenvalue weighted by molar-refractivity contribution is 5.85. The van der Waals surface area contributed by atoms with Gasteiger partial charge in [0.05, 0.1) is 12.1 Å². The van der Waals surface area contributed by atoms with E-state index in [2.05, 4.69) is 12.2 Å². The molecule has 0 saturated carbocycles. The van der Waals surface area contributed by atoms with Crippen molar-refractivity contribution in [1.82, 2.24) is 4.90 Å². The number of rotatable bonds is 1. The number of hydrogen-bond donors (Lipinski definition) is 1. The molecule has 2 rings (SSSR count). The normalized spacial score (nSPS) is 31.3. The van der Waals surface area contributed by atoms with Gasteiger partial charge in [0.25, 0.3) is 0 Å². The van der Waals surface area contributed by atoms with Crippen molar-refractivity contribution in [2.75, 3.05) is 6.54 Å². The fraction of sp³-hybridized carbons (Fsp3) is 0.727. The Morgan fingerprint density at radius 2 is 2.13 bits per heavy atom. The molecule has 0 aromatic heterocycles. The van der Waals surface area contributed by atoms with Gasteiger partial charge in [-0.1, -0.05) is 12.2 Å². The maximum absolute atomic E-state index is 11.8. The van der Waals surface area contributed by atoms with E-state index >= 15 is 0 Å². The van der Waals surface area contributed by atoms with Crippen molar-refractivity contribution >= 4 is 18.3 Å². The molecule has 0 radical (unpaired) electrons. The summed E-state index contributed by atoms with van der Waals surface area (Å²) in [5.74, 6) is 0.146. The van der Waals surface area contributed by atoms with Gasteiger partial charge in [-0.25, -0.2) is 0 Å². The second-order valence-corrected chi connectivity index (χ2v) is 4.21. The zero-order chi connectivity index (χ0) is 9.97. The third-order valence-electron chi connectivity index (χ3n) is 3.14. The van der Waals surface area contributed by atoms with Crippen molar-refractivity contribution < 1.29 is 4.79 Å². The lowest BCUT2D eigenvalue weighted by molar-refractivity contribution is -0.136. The Hall–Kier alpha value is -0.540. The van der Waals surface area contributed by atoms with E-state index in [0.717, 1.165) is 32.2 Å². The lowest BCUT2D eigenvalue weighted by Crippen LogP contribution is -2.52. The Balaban J connectivity index is 0.00000112. The summed E-state index contributed by atoms with van der Waals surface area (Å²) < 4.78 is 0. The van der Waals surface area contributed by atoms with Gasteiger partial charge in [0.15, 0.2) is 0 Å². The molecule has 1 unspecified atom stereocenters. The second kappa shape index (κ2) is 5.52. The number of nitrogens with two attached hydrogens (primary N) is 1. The Kier molecular flexibility index (Phi) is 4.61. The number of piperidine rings is 1. The zero-order valence-electron chi connectivity index (χ0n) is 8.89. The number of hydrogen-bond acceptors (Lipinski definition) is 2. The first-order valence-electron chi connectivity index (χ1n) is 5.52. The van der Waals surface area contributed by atoms with E-state index in [4.69, 9.17) is 5.73 Å². The van der Waals surface area contributed by atoms with E-state index in [1.54, 1.807) is 0 Å². The van der Waals surface area contributed by atoms with E-state index in [1.165, 1.54) is 6.42 Å². The molecule has 1 saturated heterocycles. The van der Waals surface area contributed by atoms with E-state index in [-0.39, 0.29) is 24.4 Å². The molecule has 86 valence electrons. The van der Waals surface area contributed by atoms with Gasteiger partial charge < -0.3 is 10.6 Å². The number of nitrogens with zero attached hydrogens (tertiary/aromatic N) is 1. The van der Waals surface area contributed by atoms with E-state index < -0.39 is 0 Å². The van der Waals surface area contributed by atoms with Crippen LogP contribution in [0.3, 0.4) is 0 Å². The first-order chi connectivity index (χ1) is 6.79. The van der Waals surface area contributed by atoms with Crippen molar-refractivity contribution in [1.29, 1.82) is 0 Å². The minimum absolute atomic E-state index is 0. The van der Waals surface area contributed by atoms with Crippen molar-refractivity contribution in [3.63, 3.8) is 0 Å². The predicted octanol–water partition coefficient (Wildman–Crippen LogP) is 1.47. The molecular formula is C11H19ClN2O. The third-order valence-corrected chi connectivity index (χ3v) is 3.14. The van der Waals surface area contributed by atoms with E-state index in [1.807, 2.05) is 4.90 Å². The summed E-state index contributed by atoms with van der Waals surface area (Å²) in [5.41, 5.74) is 5.76. The monoisotopic (exact) mass is 230 g/mol. The van der Waals surface area contributed by atoms with Gasteiger partial charge in [-0.05, 0) is 32.1 Å². The highest BCUT2D eigenvalue weighted by Crippen LogP contribution is 2.21. The Morgan fingerprint density at radius 3 is 2.80 bits per heavy atom. The minimum atomic E-state index is -0.251. The molecule has 0 aromatic rings. The summed E-state index contributed by atoms with van der Waals surface area (Å²) in [6.07, 6.45) is 9.71. The minimum Gasteiger partial charge on any atom is -0.335 e. The summed E-state index contributed by atoms with van der Waals surface area (Å²) in [6, 6.07) is 0.0710. The Labute approximate surface area is 97.1 Å². The summed E-state index contributed by atoms with van der Waals surface area (Å²) in [5, 5.41) is 0. The van der Waals surface area contributed by atoms with E-state index in [9.17, 15) is 4.79 Å². The summed E-state index contributed by atoms with van der Waals surface area (Å²) in [6.45, 7) is 0.890. The topological polar surface area (TPSA) is 46.3 Å². The van der Waals surface area contributed by atoms with Crippen LogP contribution < -0.4 is 5.73 Å². The third kappa shape index (κ3) is 2.73. The molecular weight excluding hydrogens is 212 g/mol. The van der Waals surface area contributed by atoms with Crippen LogP contribution in [0.5, 0.6) is 0 Å². The fourth-order valence-electron chi connectivity index (χ4n) is 2.31. The number of carbonyl (C=O) groups excluding carboxylic acids is 1. The van der Waals surface area contributed by atoms with Crippen LogP contribution >= 0.6 is 12.4 Å². The SMILES string of the molecule is Cl.N[C@H]1CCCN(C2C=CCCC2)C1=O. The van der Waals surface area contributed by atoms with Gasteiger partial charge in [-0.3, -0.25) is 4.79 Å². The molecule has 15 heavy (non-hydrogen) atoms. The van der Waals surface area contributed by atoms with Gasteiger partial charge in [-0.15, -0.1) is 12.4 Å². The Morgan fingerprint density at radius 1 is 1.33 bits per heavy atom. The van der Waals surface area contributed by atoms with E-state index in [0.29, 0.717) is 6.04 Å². The summed E-state index contributed by atoms with van der Waals surface area (Å²) in [7, 11) is 0. The first-order valence-corrected chi connectivity index (χ1v) is 5.52. The molecule has 1 amide bonds. The van der Waals surface area contributed by atoms with Crippen LogP contribution in [-0.4, -0.2) is 29.4 Å². The largest absolute Gasteiger partial charge is 0.335 e. The molecule has 0 aromatic carbocycles. The highest BCUT2D eigenvalue weighted by Gasteiger charge is 2.30. The average Bonchev–Trinajstić information content (AvgIpc) is 2.23. The maximum atomic E-state index is 11.8. The Bertz CT molecular complexity index is 255. The van der Waals surface area contributed by atoms with Crippen molar-refractivity contribution in [2.45, 2.75) is 44.2 Å². The molecule has 1 aliphatic carbocycles. The number of allylic oxidation sites excluding steroid dienone is 1. The quantitative estimate of drug-likeness (QED) is 0.694. The lowest BCUT2D eigenvalue weighted by atomic mass is 9.97. The van der Waals surface area contributed by atoms with Crippen LogP contribution in [0.1, 0.15) is 32.1 Å². The van der Waals surface area contributed by atoms with Crippen LogP contribution in [-0.2, 0) is 4.79 Å². The zero-order valence-corrected chi connectivity index (χ0v) is 9.71. The molecule has 2 atom stereocenters. The van der Waals surface area contributed by atoms with Crippen LogP contribution in [0.4, 0.5) is 0 Å². The molecule has 0 spiro atoms. The second-order valence-electron chi connectivity index (χ2n) is 4.21. The first kappa shape index (κ1) is 12.5. The molecule has 1 aliphatic heterocycles. The summed E-state index contributed by atoms with van der Waals surface area (Å²) in [4.78, 5) is 13.8. The molecule has 3 nitrogen and oxygen atoms in total. The highest BCUT2D eigenvalue weighted by atomic mass is 35.5. The predicted molar refractivity (Wildman–Crippen MR) is 62.9 cm³/mol. The molecule has 1 heterocycles. The van der Waals surface area contributed by atoms with Crippen molar-refractivity contribution in [3.8, 4) is 0 Å². The number of amides is 1. The molecule has 2 N–H and O–H groups in total. The van der Waals surface area contributed by atoms with Crippen molar-refractivity contribution in [2.24, 2.45) is 5.73 Å². The van der Waals surface area contributed by atoms with Gasteiger partial charge in [0, 0.05) is 6.54 Å². The molecule has 4 heteroatoms. The van der Waals surface area contributed by atoms with Crippen molar-refractivity contribution in [3.05, 3.63) is 12.2 Å². The average molecular weight is 231 g/mol. The molecule has 1 fully saturated rings. The fourth-order valence-corrected chi connectivity index (χ4v) is 2.31. The van der Waals surface area contributed by atoms with Crippen LogP contribution in [0.2, 0.25) is 0 Å². The van der Waals surface area contributed by atoms with Crippen LogP contribution in [0, 0.1) is 0 Å². The molecule has 2 aliphatic rings. The number of halogens is 1. The van der Waals surface area contributed by atoms with Gasteiger partial charge in [0.2, 0.25) is 5.91 Å². The van der Waals surface area contributed by atoms with Gasteiger partial charge in [-0.2, -0.15) is 0 Å². The van der Waals surface area contributed by atoms with Crippen LogP contribution in [0.25, 0.3) is 0 Å².